The number of hydrogen-bond acceptors (Lipinski definition) is 14. The zero-order chi connectivity index (χ0) is 56.5. The smallest absolute Gasteiger partial charge is 0.254 e. The summed E-state index contributed by atoms with van der Waals surface area (Å²) >= 11 is 6.85. The second-order valence-corrected chi connectivity index (χ2v) is 26.7. The number of aryl methyl sites for hydroxylation is 4. The number of nitrogens with zero attached hydrogens (tertiary/aromatic N) is 8. The van der Waals surface area contributed by atoms with Crippen molar-refractivity contribution in [2.75, 3.05) is 7.05 Å². The quantitative estimate of drug-likeness (QED) is 0.111. The number of hydrogen-bond donors (Lipinski definition) is 5. The van der Waals surface area contributed by atoms with Crippen LogP contribution in [-0.2, 0) is 57.1 Å². The van der Waals surface area contributed by atoms with Crippen LogP contribution in [0.3, 0.4) is 0 Å². The molecule has 1 unspecified atom stereocenters. The Labute approximate surface area is 450 Å². The first-order chi connectivity index (χ1) is 33.7. The molecule has 8 rings (SSSR count). The van der Waals surface area contributed by atoms with Crippen molar-refractivity contribution in [1.29, 1.82) is 5.41 Å². The summed E-state index contributed by atoms with van der Waals surface area (Å²) in [6, 6.07) is 1.50. The van der Waals surface area contributed by atoms with Crippen molar-refractivity contribution in [1.82, 2.24) is 59.8 Å². The Morgan fingerprint density at radius 2 is 1.30 bits per heavy atom. The van der Waals surface area contributed by atoms with Gasteiger partial charge in [0.05, 0.1) is 17.3 Å². The molecule has 1 fully saturated rings. The summed E-state index contributed by atoms with van der Waals surface area (Å²) in [7, 11) is 1.87. The summed E-state index contributed by atoms with van der Waals surface area (Å²) in [6.07, 6.45) is 9.58. The molecule has 0 radical (unpaired) electrons. The Hall–Kier alpha value is -5.49. The fourth-order valence-electron chi connectivity index (χ4n) is 7.47. The highest BCUT2D eigenvalue weighted by molar-refractivity contribution is 7.10. The van der Waals surface area contributed by atoms with E-state index in [1.807, 2.05) is 66.6 Å². The van der Waals surface area contributed by atoms with Crippen molar-refractivity contribution in [2.45, 2.75) is 205 Å². The molecule has 1 amide bonds. The number of H-pyrrole nitrogens is 2. The molecule has 0 aromatic carbocycles. The van der Waals surface area contributed by atoms with E-state index in [1.54, 1.807) is 0 Å². The van der Waals surface area contributed by atoms with E-state index in [2.05, 4.69) is 151 Å². The van der Waals surface area contributed by atoms with Crippen molar-refractivity contribution < 1.29 is 9.63 Å². The maximum atomic E-state index is 11.8. The molecule has 5 N–H and O–H groups in total. The number of aromatic amines is 2. The predicted octanol–water partition coefficient (Wildman–Crippen LogP) is 10.8. The SMILES string of the molecule is C=C1NC(=O)C(C(C)(C)C)=CN1C.C=C1NOC(=N)C1C(C)(C)C.CC(C)(C)c1nc2c(c(=O)[nH]1)CCCC2.CC(C)(C)c1nc2n(n1)CCCC2.CC(C)(C)c1nsc(Cl)n1.Cc1cc(=O)[nH]c(C(C)(C)C)n1. The number of carbonyl (C=O) groups excluding carboxylic acids is 1. The minimum absolute atomic E-state index is 0.00231. The molecule has 3 aliphatic heterocycles. The maximum Gasteiger partial charge on any atom is 0.254 e. The lowest BCUT2D eigenvalue weighted by Gasteiger charge is -2.31. The summed E-state index contributed by atoms with van der Waals surface area (Å²) < 4.78 is 6.68. The molecule has 1 atom stereocenters. The molecule has 7 heterocycles. The van der Waals surface area contributed by atoms with Crippen molar-refractivity contribution in [3.8, 4) is 0 Å². The molecule has 4 aromatic rings. The molecule has 19 heteroatoms. The van der Waals surface area contributed by atoms with Gasteiger partial charge in [-0.05, 0) is 79.4 Å². The van der Waals surface area contributed by atoms with Crippen LogP contribution < -0.4 is 21.9 Å². The van der Waals surface area contributed by atoms with E-state index in [-0.39, 0.29) is 61.3 Å². The molecular weight excluding hydrogens is 974 g/mol. The predicted molar refractivity (Wildman–Crippen MR) is 300 cm³/mol. The van der Waals surface area contributed by atoms with Crippen LogP contribution in [0, 0.1) is 29.1 Å². The molecule has 17 nitrogen and oxygen atoms in total. The first kappa shape index (κ1) is 62.8. The van der Waals surface area contributed by atoms with Crippen LogP contribution in [0.2, 0.25) is 4.47 Å². The topological polar surface area (TPSA) is 225 Å². The van der Waals surface area contributed by atoms with Crippen LogP contribution in [0.15, 0.2) is 52.1 Å². The number of carbonyl (C=O) groups is 1. The van der Waals surface area contributed by atoms with Crippen LogP contribution in [0.5, 0.6) is 0 Å². The fourth-order valence-corrected chi connectivity index (χ4v) is 8.25. The van der Waals surface area contributed by atoms with Crippen LogP contribution in [0.1, 0.15) is 196 Å². The van der Waals surface area contributed by atoms with Gasteiger partial charge < -0.3 is 25.0 Å². The molecule has 1 aliphatic carbocycles. The van der Waals surface area contributed by atoms with Gasteiger partial charge in [-0.1, -0.05) is 138 Å². The highest BCUT2D eigenvalue weighted by Gasteiger charge is 2.37. The van der Waals surface area contributed by atoms with Crippen molar-refractivity contribution >= 4 is 34.9 Å². The number of amides is 1. The summed E-state index contributed by atoms with van der Waals surface area (Å²) in [4.78, 5) is 64.2. The van der Waals surface area contributed by atoms with Gasteiger partial charge in [0, 0.05) is 70.8 Å². The molecule has 74 heavy (non-hydrogen) atoms. The first-order valence-corrected chi connectivity index (χ1v) is 26.7. The van der Waals surface area contributed by atoms with Crippen LogP contribution in [0.25, 0.3) is 0 Å². The second-order valence-electron chi connectivity index (χ2n) is 25.4. The Bertz CT molecular complexity index is 2700. The average Bonchev–Trinajstić information content (AvgIpc) is 4.00. The van der Waals surface area contributed by atoms with E-state index in [1.165, 1.54) is 36.3 Å². The molecular formula is C55H88ClN13O4S. The van der Waals surface area contributed by atoms with Gasteiger partial charge in [0.2, 0.25) is 10.4 Å². The lowest BCUT2D eigenvalue weighted by Crippen LogP contribution is -2.39. The summed E-state index contributed by atoms with van der Waals surface area (Å²) in [5.41, 5.74) is 6.69. The van der Waals surface area contributed by atoms with E-state index in [4.69, 9.17) is 21.8 Å². The zero-order valence-corrected chi connectivity index (χ0v) is 49.9. The van der Waals surface area contributed by atoms with E-state index in [0.717, 1.165) is 90.2 Å². The summed E-state index contributed by atoms with van der Waals surface area (Å²) in [6.45, 7) is 47.5. The van der Waals surface area contributed by atoms with Gasteiger partial charge in [0.15, 0.2) is 5.82 Å². The second kappa shape index (κ2) is 24.9. The summed E-state index contributed by atoms with van der Waals surface area (Å²) in [5.74, 6) is 5.39. The molecule has 0 spiro atoms. The minimum atomic E-state index is -0.126. The van der Waals surface area contributed by atoms with Crippen molar-refractivity contribution in [2.24, 2.45) is 16.7 Å². The normalized spacial score (nSPS) is 16.7. The largest absolute Gasteiger partial charge is 0.367 e. The highest BCUT2D eigenvalue weighted by atomic mass is 35.5. The molecule has 1 saturated heterocycles. The molecule has 410 valence electrons. The van der Waals surface area contributed by atoms with Crippen LogP contribution in [0.4, 0.5) is 0 Å². The zero-order valence-electron chi connectivity index (χ0n) is 48.3. The number of hydroxylamine groups is 1. The molecule has 0 saturated carbocycles. The molecule has 0 bridgehead atoms. The van der Waals surface area contributed by atoms with E-state index in [0.29, 0.717) is 10.3 Å². The van der Waals surface area contributed by atoms with Gasteiger partial charge in [0.1, 0.15) is 29.1 Å². The fraction of sp³-hybridized carbons (Fsp3) is 0.636. The van der Waals surface area contributed by atoms with E-state index in [9.17, 15) is 14.4 Å². The maximum absolute atomic E-state index is 11.8. The number of fused-ring (bicyclic) bond motifs is 2. The van der Waals surface area contributed by atoms with Crippen LogP contribution >= 0.6 is 23.1 Å². The number of rotatable bonds is 0. The van der Waals surface area contributed by atoms with Crippen molar-refractivity contribution in [3.05, 3.63) is 114 Å². The van der Waals surface area contributed by atoms with Gasteiger partial charge in [-0.3, -0.25) is 19.8 Å². The monoisotopic (exact) mass is 1060 g/mol. The third-order valence-corrected chi connectivity index (χ3v) is 12.6. The third-order valence-electron chi connectivity index (χ3n) is 11.8. The third kappa shape index (κ3) is 19.0. The Morgan fingerprint density at radius 1 is 0.730 bits per heavy atom. The van der Waals surface area contributed by atoms with Gasteiger partial charge in [0.25, 0.3) is 17.0 Å². The average molecular weight is 1060 g/mol. The number of nitrogens with one attached hydrogen (secondary N) is 5. The lowest BCUT2D eigenvalue weighted by atomic mass is 9.79. The lowest BCUT2D eigenvalue weighted by molar-refractivity contribution is -0.118. The Kier molecular flexibility index (Phi) is 21.1. The highest BCUT2D eigenvalue weighted by Crippen LogP contribution is 2.34. The first-order valence-electron chi connectivity index (χ1n) is 25.5. The van der Waals surface area contributed by atoms with Crippen molar-refractivity contribution in [3.63, 3.8) is 0 Å². The standard InChI is InChI=1S/C12H18N2O.C10H17N3.C10H16N2O.C9H14N2O.C8H14N2O.C6H9ClN2S/c1-12(2,3)11-13-9-7-5-4-6-8(9)10(15)14-11;1-10(2,3)9-11-8-6-4-5-7-13(8)12-9;1-7-11-9(13)8(6-12(7)5)10(2,3)4;1-6-5-7(12)11-8(10-6)9(2,3)4;1-5-6(8(2,3)4)7(9)11-10-5;1-6(2,3)4-8-5(7)10-9-4/h4-7H2,1-3H3,(H,13,14,15);4-7H2,1-3H3;6H,1H2,2-5H3,(H,11,13);5H,1-4H3,(H,10,11,12);6,9-10H,1H2,2-4H3;1-3H3. The van der Waals surface area contributed by atoms with Crippen LogP contribution in [-0.4, -0.2) is 67.8 Å². The van der Waals surface area contributed by atoms with Gasteiger partial charge in [-0.2, -0.15) is 9.47 Å². The van der Waals surface area contributed by atoms with Gasteiger partial charge >= 0.3 is 0 Å². The molecule has 4 aromatic heterocycles. The van der Waals surface area contributed by atoms with E-state index >= 15 is 0 Å². The number of halogens is 1. The van der Waals surface area contributed by atoms with Gasteiger partial charge in [-0.25, -0.2) is 30.1 Å². The van der Waals surface area contributed by atoms with E-state index < -0.39 is 0 Å². The Morgan fingerprint density at radius 3 is 1.74 bits per heavy atom. The summed E-state index contributed by atoms with van der Waals surface area (Å²) in [5, 5.41) is 14.7. The molecule has 4 aliphatic rings. The van der Waals surface area contributed by atoms with Gasteiger partial charge in [-0.15, -0.1) is 0 Å². The Balaban J connectivity index is 0.000000235. The number of aromatic nitrogens is 9. The minimum Gasteiger partial charge on any atom is -0.367 e.